The number of carbonyl (C=O) groups excluding carboxylic acids is 1. The van der Waals surface area contributed by atoms with Gasteiger partial charge in [0.2, 0.25) is 0 Å². The van der Waals surface area contributed by atoms with E-state index in [9.17, 15) is 4.79 Å². The van der Waals surface area contributed by atoms with Crippen LogP contribution in [0.3, 0.4) is 0 Å². The van der Waals surface area contributed by atoms with Crippen LogP contribution in [-0.4, -0.2) is 18.2 Å². The maximum absolute atomic E-state index is 11.9. The maximum Gasteiger partial charge on any atom is 0.277 e. The molecule has 0 spiro atoms. The number of nitrogens with zero attached hydrogens (tertiary/aromatic N) is 1. The Morgan fingerprint density at radius 1 is 1.26 bits per heavy atom. The molecule has 1 aromatic carbocycles. The fraction of sp³-hybridized carbons (Fsp3) is 0.474. The van der Waals surface area contributed by atoms with Crippen molar-refractivity contribution in [2.75, 3.05) is 6.61 Å². The molecule has 2 rings (SSSR count). The van der Waals surface area contributed by atoms with Gasteiger partial charge >= 0.3 is 0 Å². The number of amides is 1. The largest absolute Gasteiger partial charge is 0.488 e. The number of hydrazone groups is 1. The number of rotatable bonds is 7. The summed E-state index contributed by atoms with van der Waals surface area (Å²) >= 11 is 0. The fourth-order valence-electron chi connectivity index (χ4n) is 2.51. The Morgan fingerprint density at radius 2 is 2.04 bits per heavy atom. The van der Waals surface area contributed by atoms with Crippen molar-refractivity contribution < 1.29 is 9.53 Å². The van der Waals surface area contributed by atoms with Crippen molar-refractivity contribution in [3.05, 3.63) is 47.2 Å². The van der Waals surface area contributed by atoms with Gasteiger partial charge < -0.3 is 4.74 Å². The smallest absolute Gasteiger partial charge is 0.277 e. The van der Waals surface area contributed by atoms with Crippen LogP contribution in [0.15, 0.2) is 41.2 Å². The molecular weight excluding hydrogens is 288 g/mol. The molecule has 0 heterocycles. The predicted octanol–water partition coefficient (Wildman–Crippen LogP) is 4.09. The van der Waals surface area contributed by atoms with Crippen molar-refractivity contribution in [3.8, 4) is 0 Å². The molecule has 0 aromatic heterocycles. The Kier molecular flexibility index (Phi) is 6.85. The molecule has 1 N–H and O–H groups in total. The lowest BCUT2D eigenvalue weighted by Crippen LogP contribution is -2.24. The van der Waals surface area contributed by atoms with E-state index in [1.54, 1.807) is 0 Å². The lowest BCUT2D eigenvalue weighted by molar-refractivity contribution is -0.124. The number of ether oxygens (including phenoxy) is 1. The van der Waals surface area contributed by atoms with E-state index in [-0.39, 0.29) is 12.5 Å². The van der Waals surface area contributed by atoms with Gasteiger partial charge in [-0.05, 0) is 44.2 Å². The minimum atomic E-state index is -0.211. The van der Waals surface area contributed by atoms with E-state index in [0.717, 1.165) is 49.1 Å². The summed E-state index contributed by atoms with van der Waals surface area (Å²) in [6.07, 6.45) is 8.21. The molecule has 1 aliphatic carbocycles. The third-order valence-electron chi connectivity index (χ3n) is 3.83. The number of nitrogens with one attached hydrogen (secondary N) is 1. The van der Waals surface area contributed by atoms with Crippen molar-refractivity contribution in [2.45, 2.75) is 52.4 Å². The van der Waals surface area contributed by atoms with Crippen molar-refractivity contribution in [1.29, 1.82) is 0 Å². The first-order valence-electron chi connectivity index (χ1n) is 8.43. The van der Waals surface area contributed by atoms with Gasteiger partial charge in [0.1, 0.15) is 0 Å². The first-order chi connectivity index (χ1) is 11.2. The highest BCUT2D eigenvalue weighted by atomic mass is 16.5. The highest BCUT2D eigenvalue weighted by molar-refractivity contribution is 6.01. The molecule has 0 unspecified atom stereocenters. The minimum Gasteiger partial charge on any atom is -0.488 e. The van der Waals surface area contributed by atoms with E-state index in [1.807, 2.05) is 12.1 Å². The lowest BCUT2D eigenvalue weighted by Gasteiger charge is -2.13. The minimum absolute atomic E-state index is 0.0304. The molecule has 124 valence electrons. The molecule has 0 saturated heterocycles. The first-order valence-corrected chi connectivity index (χ1v) is 8.43. The quantitative estimate of drug-likeness (QED) is 0.609. The Morgan fingerprint density at radius 3 is 2.70 bits per heavy atom. The van der Waals surface area contributed by atoms with Gasteiger partial charge in [0, 0.05) is 6.42 Å². The molecule has 0 radical (unpaired) electrons. The van der Waals surface area contributed by atoms with Crippen LogP contribution in [0.4, 0.5) is 0 Å². The summed E-state index contributed by atoms with van der Waals surface area (Å²) in [6, 6.07) is 8.20. The molecule has 23 heavy (non-hydrogen) atoms. The molecule has 0 bridgehead atoms. The van der Waals surface area contributed by atoms with E-state index >= 15 is 0 Å². The summed E-state index contributed by atoms with van der Waals surface area (Å²) in [7, 11) is 0. The highest BCUT2D eigenvalue weighted by Gasteiger charge is 2.08. The predicted molar refractivity (Wildman–Crippen MR) is 93.3 cm³/mol. The van der Waals surface area contributed by atoms with Crippen molar-refractivity contribution in [3.63, 3.8) is 0 Å². The van der Waals surface area contributed by atoms with Crippen LogP contribution in [0.1, 0.15) is 56.6 Å². The van der Waals surface area contributed by atoms with Gasteiger partial charge in [-0.1, -0.05) is 43.2 Å². The molecule has 0 atom stereocenters. The summed E-state index contributed by atoms with van der Waals surface area (Å²) in [5.74, 6) is 0.722. The van der Waals surface area contributed by atoms with E-state index in [4.69, 9.17) is 4.74 Å². The molecule has 1 aliphatic rings. The normalized spacial score (nSPS) is 15.0. The number of aryl methyl sites for hydroxylation is 1. The summed E-state index contributed by atoms with van der Waals surface area (Å²) in [5.41, 5.74) is 5.78. The third-order valence-corrected chi connectivity index (χ3v) is 3.83. The van der Waals surface area contributed by atoms with E-state index in [2.05, 4.69) is 42.6 Å². The maximum atomic E-state index is 11.9. The summed E-state index contributed by atoms with van der Waals surface area (Å²) in [6.45, 7) is 4.19. The topological polar surface area (TPSA) is 50.7 Å². The number of allylic oxidation sites excluding steroid dienone is 2. The van der Waals surface area contributed by atoms with Crippen LogP contribution in [0.5, 0.6) is 0 Å². The van der Waals surface area contributed by atoms with Crippen LogP contribution in [0, 0.1) is 6.92 Å². The highest BCUT2D eigenvalue weighted by Crippen LogP contribution is 2.17. The number of carbonyl (C=O) groups is 1. The summed E-state index contributed by atoms with van der Waals surface area (Å²) < 4.78 is 5.54. The zero-order chi connectivity index (χ0) is 16.5. The van der Waals surface area contributed by atoms with Gasteiger partial charge in [0.15, 0.2) is 6.61 Å². The monoisotopic (exact) mass is 314 g/mol. The standard InChI is InChI=1S/C19H26N2O2/c1-3-7-18(16-12-10-15(2)11-13-16)20-21-19(22)14-23-17-8-5-4-6-9-17/h8,10-13H,3-7,9,14H2,1-2H3,(H,21,22)/b20-18-. The average molecular weight is 314 g/mol. The average Bonchev–Trinajstić information content (AvgIpc) is 2.58. The van der Waals surface area contributed by atoms with Gasteiger partial charge in [-0.3, -0.25) is 4.79 Å². The Labute approximate surface area is 138 Å². The van der Waals surface area contributed by atoms with Crippen molar-refractivity contribution in [1.82, 2.24) is 5.43 Å². The lowest BCUT2D eigenvalue weighted by atomic mass is 10.0. The van der Waals surface area contributed by atoms with Crippen LogP contribution < -0.4 is 5.43 Å². The van der Waals surface area contributed by atoms with Crippen LogP contribution in [-0.2, 0) is 9.53 Å². The number of hydrogen-bond acceptors (Lipinski definition) is 3. The third kappa shape index (κ3) is 5.89. The van der Waals surface area contributed by atoms with Gasteiger partial charge in [-0.2, -0.15) is 5.10 Å². The van der Waals surface area contributed by atoms with Gasteiger partial charge in [0.05, 0.1) is 11.5 Å². The Balaban J connectivity index is 1.90. The second kappa shape index (κ2) is 9.13. The molecule has 4 nitrogen and oxygen atoms in total. The van der Waals surface area contributed by atoms with Crippen LogP contribution in [0.25, 0.3) is 0 Å². The summed E-state index contributed by atoms with van der Waals surface area (Å²) in [5, 5.41) is 4.29. The molecule has 4 heteroatoms. The molecule has 0 saturated carbocycles. The second-order valence-electron chi connectivity index (χ2n) is 5.91. The first kappa shape index (κ1) is 17.3. The zero-order valence-electron chi connectivity index (χ0n) is 14.1. The van der Waals surface area contributed by atoms with Crippen LogP contribution >= 0.6 is 0 Å². The van der Waals surface area contributed by atoms with Gasteiger partial charge in [0.25, 0.3) is 5.91 Å². The Bertz CT molecular complexity index is 574. The van der Waals surface area contributed by atoms with Crippen molar-refractivity contribution >= 4 is 11.6 Å². The molecule has 0 aliphatic heterocycles. The van der Waals surface area contributed by atoms with Gasteiger partial charge in [-0.25, -0.2) is 5.43 Å². The summed E-state index contributed by atoms with van der Waals surface area (Å²) in [4.78, 5) is 11.9. The SMILES string of the molecule is CCC/C(=N/NC(=O)COC1=CCCCC1)c1ccc(C)cc1. The van der Waals surface area contributed by atoms with Crippen LogP contribution in [0.2, 0.25) is 0 Å². The second-order valence-corrected chi connectivity index (χ2v) is 5.91. The van der Waals surface area contributed by atoms with E-state index < -0.39 is 0 Å². The molecule has 0 fully saturated rings. The van der Waals surface area contributed by atoms with E-state index in [0.29, 0.717) is 0 Å². The number of hydrogen-bond donors (Lipinski definition) is 1. The zero-order valence-corrected chi connectivity index (χ0v) is 14.1. The van der Waals surface area contributed by atoms with Gasteiger partial charge in [-0.15, -0.1) is 0 Å². The number of benzene rings is 1. The fourth-order valence-corrected chi connectivity index (χ4v) is 2.51. The van der Waals surface area contributed by atoms with Crippen molar-refractivity contribution in [2.24, 2.45) is 5.10 Å². The van der Waals surface area contributed by atoms with E-state index in [1.165, 1.54) is 12.0 Å². The molecular formula is C19H26N2O2. The Hall–Kier alpha value is -2.10. The molecule has 1 aromatic rings. The molecule has 1 amide bonds.